The number of hydrogen-bond donors (Lipinski definition) is 1. The van der Waals surface area contributed by atoms with Gasteiger partial charge in [0.2, 0.25) is 0 Å². The maximum Gasteiger partial charge on any atom is 0.410 e. The Morgan fingerprint density at radius 3 is 2.52 bits per heavy atom. The summed E-state index contributed by atoms with van der Waals surface area (Å²) in [6.45, 7) is 7.39. The Morgan fingerprint density at radius 2 is 1.96 bits per heavy atom. The third-order valence-electron chi connectivity index (χ3n) is 4.80. The van der Waals surface area contributed by atoms with Crippen LogP contribution in [-0.2, 0) is 11.3 Å². The van der Waals surface area contributed by atoms with Crippen LogP contribution in [0.4, 0.5) is 9.59 Å². The molecular weight excluding hydrogens is 344 g/mol. The van der Waals surface area contributed by atoms with Gasteiger partial charge in [0.15, 0.2) is 0 Å². The van der Waals surface area contributed by atoms with E-state index in [1.165, 1.54) is 0 Å². The first-order valence-corrected chi connectivity index (χ1v) is 9.76. The van der Waals surface area contributed by atoms with Crippen LogP contribution in [0.3, 0.4) is 0 Å². The van der Waals surface area contributed by atoms with E-state index in [9.17, 15) is 9.59 Å². The van der Waals surface area contributed by atoms with Gasteiger partial charge in [0.25, 0.3) is 0 Å². The second-order valence-corrected chi connectivity index (χ2v) is 8.41. The summed E-state index contributed by atoms with van der Waals surface area (Å²) in [4.78, 5) is 32.7. The second-order valence-electron chi connectivity index (χ2n) is 8.41. The van der Waals surface area contributed by atoms with Gasteiger partial charge in [-0.3, -0.25) is 4.98 Å². The van der Waals surface area contributed by atoms with Crippen LogP contribution >= 0.6 is 0 Å². The van der Waals surface area contributed by atoms with Gasteiger partial charge in [-0.25, -0.2) is 9.59 Å². The number of pyridine rings is 1. The zero-order valence-electron chi connectivity index (χ0n) is 16.5. The van der Waals surface area contributed by atoms with Crippen molar-refractivity contribution < 1.29 is 14.3 Å². The van der Waals surface area contributed by atoms with Crippen molar-refractivity contribution in [3.05, 3.63) is 30.1 Å². The van der Waals surface area contributed by atoms with Gasteiger partial charge in [-0.05, 0) is 58.1 Å². The summed E-state index contributed by atoms with van der Waals surface area (Å²) in [5.41, 5.74) is 0.554. The number of nitrogens with zero attached hydrogens (tertiary/aromatic N) is 3. The fourth-order valence-electron chi connectivity index (χ4n) is 3.23. The minimum Gasteiger partial charge on any atom is -0.444 e. The molecule has 1 saturated carbocycles. The zero-order valence-corrected chi connectivity index (χ0v) is 16.5. The molecule has 1 aliphatic carbocycles. The van der Waals surface area contributed by atoms with Crippen molar-refractivity contribution in [2.24, 2.45) is 0 Å². The average Bonchev–Trinajstić information content (AvgIpc) is 3.44. The van der Waals surface area contributed by atoms with Crippen LogP contribution in [0.2, 0.25) is 0 Å². The molecule has 1 aromatic rings. The average molecular weight is 374 g/mol. The number of ether oxygens (including phenoxy) is 1. The number of amides is 3. The van der Waals surface area contributed by atoms with Crippen molar-refractivity contribution in [2.75, 3.05) is 13.1 Å². The fourth-order valence-corrected chi connectivity index (χ4v) is 3.23. The molecule has 0 spiro atoms. The summed E-state index contributed by atoms with van der Waals surface area (Å²) in [5.74, 6) is 0. The zero-order chi connectivity index (χ0) is 19.4. The van der Waals surface area contributed by atoms with Gasteiger partial charge in [-0.1, -0.05) is 6.07 Å². The van der Waals surface area contributed by atoms with Crippen LogP contribution < -0.4 is 5.32 Å². The first-order valence-electron chi connectivity index (χ1n) is 9.76. The van der Waals surface area contributed by atoms with Crippen LogP contribution in [0, 0.1) is 0 Å². The molecule has 1 aromatic heterocycles. The standard InChI is InChI=1S/C20H30N4O3/c1-20(2,3)27-19(26)23-11-8-16(9-12-23)22-18(25)24(17-6-7-17)14-15-5-4-10-21-13-15/h4-5,10,13,16-17H,6-9,11-12,14H2,1-3H3,(H,22,25). The molecule has 2 heterocycles. The van der Waals surface area contributed by atoms with E-state index in [0.29, 0.717) is 25.7 Å². The normalized spacial score (nSPS) is 18.1. The van der Waals surface area contributed by atoms with Crippen LogP contribution in [0.5, 0.6) is 0 Å². The highest BCUT2D eigenvalue weighted by Gasteiger charge is 2.34. The number of nitrogens with one attached hydrogen (secondary N) is 1. The van der Waals surface area contributed by atoms with E-state index in [-0.39, 0.29) is 18.2 Å². The Labute approximate surface area is 161 Å². The maximum atomic E-state index is 12.8. The van der Waals surface area contributed by atoms with Crippen LogP contribution in [0.25, 0.3) is 0 Å². The minimum absolute atomic E-state index is 0.0166. The number of likely N-dealkylation sites (tertiary alicyclic amines) is 1. The molecule has 7 heteroatoms. The molecule has 0 atom stereocenters. The first-order chi connectivity index (χ1) is 12.8. The monoisotopic (exact) mass is 374 g/mol. The summed E-state index contributed by atoms with van der Waals surface area (Å²) < 4.78 is 5.42. The van der Waals surface area contributed by atoms with Crippen molar-refractivity contribution in [1.82, 2.24) is 20.1 Å². The Bertz CT molecular complexity index is 647. The molecule has 1 saturated heterocycles. The summed E-state index contributed by atoms with van der Waals surface area (Å²) in [7, 11) is 0. The third kappa shape index (κ3) is 5.84. The van der Waals surface area contributed by atoms with Gasteiger partial charge >= 0.3 is 12.1 Å². The Kier molecular flexibility index (Phi) is 5.87. The van der Waals surface area contributed by atoms with E-state index in [0.717, 1.165) is 31.2 Å². The molecule has 1 N–H and O–H groups in total. The molecule has 2 aliphatic rings. The predicted molar refractivity (Wildman–Crippen MR) is 102 cm³/mol. The van der Waals surface area contributed by atoms with Crippen molar-refractivity contribution >= 4 is 12.1 Å². The molecule has 3 rings (SSSR count). The number of hydrogen-bond acceptors (Lipinski definition) is 4. The summed E-state index contributed by atoms with van der Waals surface area (Å²) in [6, 6.07) is 4.29. The first kappa shape index (κ1) is 19.5. The summed E-state index contributed by atoms with van der Waals surface area (Å²) in [6.07, 6.45) is 6.89. The van der Waals surface area contributed by atoms with E-state index in [1.807, 2.05) is 44.0 Å². The SMILES string of the molecule is CC(C)(C)OC(=O)N1CCC(NC(=O)N(Cc2cccnc2)C2CC2)CC1. The highest BCUT2D eigenvalue weighted by Crippen LogP contribution is 2.28. The van der Waals surface area contributed by atoms with Gasteiger partial charge in [0.1, 0.15) is 5.60 Å². The highest BCUT2D eigenvalue weighted by atomic mass is 16.6. The van der Waals surface area contributed by atoms with Crippen LogP contribution in [0.15, 0.2) is 24.5 Å². The van der Waals surface area contributed by atoms with E-state index in [4.69, 9.17) is 4.74 Å². The topological polar surface area (TPSA) is 74.8 Å². The lowest BCUT2D eigenvalue weighted by Crippen LogP contribution is -2.51. The fraction of sp³-hybridized carbons (Fsp3) is 0.650. The van der Waals surface area contributed by atoms with Gasteiger partial charge in [0.05, 0.1) is 0 Å². The number of urea groups is 1. The van der Waals surface area contributed by atoms with Gasteiger partial charge in [0, 0.05) is 44.1 Å². The molecule has 0 aromatic carbocycles. The van der Waals surface area contributed by atoms with Gasteiger partial charge in [-0.2, -0.15) is 0 Å². The minimum atomic E-state index is -0.487. The maximum absolute atomic E-state index is 12.8. The molecule has 27 heavy (non-hydrogen) atoms. The number of carbonyl (C=O) groups excluding carboxylic acids is 2. The van der Waals surface area contributed by atoms with E-state index in [1.54, 1.807) is 11.1 Å². The molecule has 148 valence electrons. The molecule has 7 nitrogen and oxygen atoms in total. The van der Waals surface area contributed by atoms with Crippen LogP contribution in [-0.4, -0.2) is 57.7 Å². The number of piperidine rings is 1. The Morgan fingerprint density at radius 1 is 1.26 bits per heavy atom. The van der Waals surface area contributed by atoms with E-state index in [2.05, 4.69) is 10.3 Å². The largest absolute Gasteiger partial charge is 0.444 e. The number of aromatic nitrogens is 1. The van der Waals surface area contributed by atoms with Crippen molar-refractivity contribution in [1.29, 1.82) is 0 Å². The molecule has 1 aliphatic heterocycles. The summed E-state index contributed by atoms with van der Waals surface area (Å²) >= 11 is 0. The molecular formula is C20H30N4O3. The van der Waals surface area contributed by atoms with E-state index < -0.39 is 5.60 Å². The molecule has 0 bridgehead atoms. The molecule has 3 amide bonds. The summed E-state index contributed by atoms with van der Waals surface area (Å²) in [5, 5.41) is 3.16. The highest BCUT2D eigenvalue weighted by molar-refractivity contribution is 5.75. The predicted octanol–water partition coefficient (Wildman–Crippen LogP) is 3.16. The van der Waals surface area contributed by atoms with Crippen molar-refractivity contribution in [3.63, 3.8) is 0 Å². The Balaban J connectivity index is 1.49. The van der Waals surface area contributed by atoms with Crippen molar-refractivity contribution in [3.8, 4) is 0 Å². The van der Waals surface area contributed by atoms with Crippen molar-refractivity contribution in [2.45, 2.75) is 70.7 Å². The lowest BCUT2D eigenvalue weighted by atomic mass is 10.1. The van der Waals surface area contributed by atoms with E-state index >= 15 is 0 Å². The smallest absolute Gasteiger partial charge is 0.410 e. The lowest BCUT2D eigenvalue weighted by Gasteiger charge is -2.34. The molecule has 0 radical (unpaired) electrons. The molecule has 0 unspecified atom stereocenters. The Hall–Kier alpha value is -2.31. The second kappa shape index (κ2) is 8.15. The molecule has 2 fully saturated rings. The third-order valence-corrected chi connectivity index (χ3v) is 4.80. The van der Waals surface area contributed by atoms with Gasteiger partial charge < -0.3 is 19.9 Å². The lowest BCUT2D eigenvalue weighted by molar-refractivity contribution is 0.0200. The van der Waals surface area contributed by atoms with Gasteiger partial charge in [-0.15, -0.1) is 0 Å². The number of carbonyl (C=O) groups is 2. The number of rotatable bonds is 4. The van der Waals surface area contributed by atoms with Crippen LogP contribution in [0.1, 0.15) is 52.0 Å². The quantitative estimate of drug-likeness (QED) is 0.878.